The topological polar surface area (TPSA) is 45.2 Å². The van der Waals surface area contributed by atoms with E-state index >= 15 is 0 Å². The van der Waals surface area contributed by atoms with Gasteiger partial charge in [0.2, 0.25) is 0 Å². The Morgan fingerprint density at radius 3 is 2.80 bits per heavy atom. The van der Waals surface area contributed by atoms with Gasteiger partial charge in [0.05, 0.1) is 9.34 Å². The molecule has 2 rings (SSSR count). The molecule has 0 radical (unpaired) electrons. The van der Waals surface area contributed by atoms with Crippen LogP contribution in [0.25, 0.3) is 0 Å². The van der Waals surface area contributed by atoms with Crippen LogP contribution in [0.4, 0.5) is 0 Å². The monoisotopic (exact) mass is 330 g/mol. The average molecular weight is 331 g/mol. The van der Waals surface area contributed by atoms with E-state index in [4.69, 9.17) is 11.6 Å². The van der Waals surface area contributed by atoms with Crippen LogP contribution in [0.3, 0.4) is 0 Å². The Morgan fingerprint density at radius 1 is 1.35 bits per heavy atom. The summed E-state index contributed by atoms with van der Waals surface area (Å²) in [4.78, 5) is 6.52. The van der Waals surface area contributed by atoms with Crippen LogP contribution in [0.1, 0.15) is 34.7 Å². The predicted octanol–water partition coefficient (Wildman–Crippen LogP) is 3.88. The zero-order valence-corrected chi connectivity index (χ0v) is 14.0. The SMILES string of the molecule is CC(C)Cc1ncc(CNCC(O)c2ccc(Cl)s2)s1. The van der Waals surface area contributed by atoms with Crippen molar-refractivity contribution in [2.24, 2.45) is 5.92 Å². The van der Waals surface area contributed by atoms with Crippen molar-refractivity contribution in [3.8, 4) is 0 Å². The number of halogens is 1. The minimum absolute atomic E-state index is 0.504. The molecular weight excluding hydrogens is 312 g/mol. The molecule has 20 heavy (non-hydrogen) atoms. The molecule has 0 aromatic carbocycles. The normalized spacial score (nSPS) is 13.1. The minimum Gasteiger partial charge on any atom is -0.386 e. The highest BCUT2D eigenvalue weighted by Gasteiger charge is 2.10. The molecule has 0 spiro atoms. The Labute approximate surface area is 132 Å². The molecule has 3 nitrogen and oxygen atoms in total. The third-order valence-corrected chi connectivity index (χ3v) is 5.10. The third kappa shape index (κ3) is 4.82. The molecule has 0 saturated carbocycles. The van der Waals surface area contributed by atoms with E-state index in [1.54, 1.807) is 11.3 Å². The molecule has 0 fully saturated rings. The number of aromatic nitrogens is 1. The second-order valence-corrected chi connectivity index (χ2v) is 8.05. The summed E-state index contributed by atoms with van der Waals surface area (Å²) in [5.41, 5.74) is 0. The largest absolute Gasteiger partial charge is 0.386 e. The fourth-order valence-electron chi connectivity index (χ4n) is 1.81. The summed E-state index contributed by atoms with van der Waals surface area (Å²) in [6.45, 7) is 5.66. The Balaban J connectivity index is 1.76. The molecule has 0 saturated heterocycles. The summed E-state index contributed by atoms with van der Waals surface area (Å²) >= 11 is 9.02. The fraction of sp³-hybridized carbons (Fsp3) is 0.500. The lowest BCUT2D eigenvalue weighted by Gasteiger charge is -2.08. The van der Waals surface area contributed by atoms with Crippen LogP contribution in [-0.2, 0) is 13.0 Å². The highest BCUT2D eigenvalue weighted by Crippen LogP contribution is 2.26. The Bertz CT molecular complexity index is 539. The summed E-state index contributed by atoms with van der Waals surface area (Å²) in [6, 6.07) is 3.68. The van der Waals surface area contributed by atoms with E-state index in [0.29, 0.717) is 16.8 Å². The van der Waals surface area contributed by atoms with Crippen molar-refractivity contribution < 1.29 is 5.11 Å². The zero-order chi connectivity index (χ0) is 14.5. The van der Waals surface area contributed by atoms with Gasteiger partial charge in [-0.15, -0.1) is 22.7 Å². The van der Waals surface area contributed by atoms with Gasteiger partial charge in [-0.25, -0.2) is 4.98 Å². The van der Waals surface area contributed by atoms with E-state index in [1.165, 1.54) is 21.2 Å². The summed E-state index contributed by atoms with van der Waals surface area (Å²) in [6.07, 6.45) is 2.45. The van der Waals surface area contributed by atoms with Gasteiger partial charge in [-0.1, -0.05) is 25.4 Å². The summed E-state index contributed by atoms with van der Waals surface area (Å²) in [5.74, 6) is 0.632. The minimum atomic E-state index is -0.504. The second-order valence-electron chi connectivity index (χ2n) is 5.11. The quantitative estimate of drug-likeness (QED) is 0.809. The van der Waals surface area contributed by atoms with Crippen LogP contribution in [0.2, 0.25) is 4.34 Å². The predicted molar refractivity (Wildman–Crippen MR) is 86.7 cm³/mol. The lowest BCUT2D eigenvalue weighted by Crippen LogP contribution is -2.19. The number of thiophene rings is 1. The van der Waals surface area contributed by atoms with E-state index in [9.17, 15) is 5.11 Å². The maximum Gasteiger partial charge on any atom is 0.101 e. The molecular formula is C14H19ClN2OS2. The molecule has 1 atom stereocenters. The number of nitrogens with one attached hydrogen (secondary N) is 1. The van der Waals surface area contributed by atoms with E-state index in [0.717, 1.165) is 17.8 Å². The van der Waals surface area contributed by atoms with E-state index in [1.807, 2.05) is 18.3 Å². The molecule has 0 aliphatic rings. The average Bonchev–Trinajstić information content (AvgIpc) is 2.98. The van der Waals surface area contributed by atoms with Gasteiger partial charge in [-0.3, -0.25) is 0 Å². The zero-order valence-electron chi connectivity index (χ0n) is 11.6. The highest BCUT2D eigenvalue weighted by molar-refractivity contribution is 7.16. The molecule has 2 N–H and O–H groups in total. The van der Waals surface area contributed by atoms with Gasteiger partial charge in [0.1, 0.15) is 6.10 Å². The van der Waals surface area contributed by atoms with Crippen LogP contribution in [0.5, 0.6) is 0 Å². The smallest absolute Gasteiger partial charge is 0.101 e. The molecule has 0 amide bonds. The summed E-state index contributed by atoms with van der Waals surface area (Å²) in [5, 5.41) is 14.5. The Morgan fingerprint density at radius 2 is 2.15 bits per heavy atom. The van der Waals surface area contributed by atoms with Crippen molar-refractivity contribution in [3.05, 3.63) is 37.4 Å². The lowest BCUT2D eigenvalue weighted by molar-refractivity contribution is 0.178. The standard InChI is InChI=1S/C14H19ClN2OS2/c1-9(2)5-14-17-7-10(19-14)6-16-8-11(18)12-3-4-13(15)20-12/h3-4,7,9,11,16,18H,5-6,8H2,1-2H3. The van der Waals surface area contributed by atoms with Gasteiger partial charge >= 0.3 is 0 Å². The van der Waals surface area contributed by atoms with Crippen molar-refractivity contribution in [3.63, 3.8) is 0 Å². The maximum absolute atomic E-state index is 10.0. The van der Waals surface area contributed by atoms with Crippen LogP contribution >= 0.6 is 34.3 Å². The van der Waals surface area contributed by atoms with Crippen molar-refractivity contribution in [1.82, 2.24) is 10.3 Å². The number of rotatable bonds is 7. The van der Waals surface area contributed by atoms with Gasteiger partial charge in [-0.05, 0) is 18.1 Å². The first kappa shape index (κ1) is 15.9. The van der Waals surface area contributed by atoms with Crippen molar-refractivity contribution >= 4 is 34.3 Å². The molecule has 2 aromatic rings. The molecule has 0 aliphatic heterocycles. The highest BCUT2D eigenvalue weighted by atomic mass is 35.5. The number of hydrogen-bond acceptors (Lipinski definition) is 5. The lowest BCUT2D eigenvalue weighted by atomic mass is 10.1. The van der Waals surface area contributed by atoms with Gasteiger partial charge in [0, 0.05) is 35.5 Å². The first-order valence-corrected chi connectivity index (χ1v) is 8.63. The van der Waals surface area contributed by atoms with Gasteiger partial charge in [0.15, 0.2) is 0 Å². The molecule has 2 heterocycles. The summed E-state index contributed by atoms with van der Waals surface area (Å²) < 4.78 is 0.708. The van der Waals surface area contributed by atoms with Crippen LogP contribution in [-0.4, -0.2) is 16.6 Å². The third-order valence-electron chi connectivity index (χ3n) is 2.74. The number of aliphatic hydroxyl groups excluding tert-OH is 1. The molecule has 0 bridgehead atoms. The first-order chi connectivity index (χ1) is 9.54. The Kier molecular flexibility index (Phi) is 5.99. The second kappa shape index (κ2) is 7.52. The van der Waals surface area contributed by atoms with Crippen molar-refractivity contribution in [2.75, 3.05) is 6.54 Å². The van der Waals surface area contributed by atoms with E-state index in [2.05, 4.69) is 24.1 Å². The fourth-order valence-corrected chi connectivity index (χ4v) is 3.96. The van der Waals surface area contributed by atoms with E-state index in [-0.39, 0.29) is 0 Å². The van der Waals surface area contributed by atoms with Crippen LogP contribution < -0.4 is 5.32 Å². The molecule has 1 unspecified atom stereocenters. The Hall–Kier alpha value is -0.460. The van der Waals surface area contributed by atoms with Gasteiger partial charge in [0.25, 0.3) is 0 Å². The van der Waals surface area contributed by atoms with Gasteiger partial charge < -0.3 is 10.4 Å². The molecule has 2 aromatic heterocycles. The van der Waals surface area contributed by atoms with Crippen molar-refractivity contribution in [1.29, 1.82) is 0 Å². The number of hydrogen-bond donors (Lipinski definition) is 2. The molecule has 0 aliphatic carbocycles. The van der Waals surface area contributed by atoms with E-state index < -0.39 is 6.10 Å². The number of thiazole rings is 1. The maximum atomic E-state index is 10.0. The number of nitrogens with zero attached hydrogens (tertiary/aromatic N) is 1. The molecule has 110 valence electrons. The summed E-state index contributed by atoms with van der Waals surface area (Å²) in [7, 11) is 0. The van der Waals surface area contributed by atoms with Crippen LogP contribution in [0, 0.1) is 5.92 Å². The van der Waals surface area contributed by atoms with Crippen LogP contribution in [0.15, 0.2) is 18.3 Å². The molecule has 6 heteroatoms. The van der Waals surface area contributed by atoms with Crippen molar-refractivity contribution in [2.45, 2.75) is 32.9 Å². The van der Waals surface area contributed by atoms with Gasteiger partial charge in [-0.2, -0.15) is 0 Å². The first-order valence-electron chi connectivity index (χ1n) is 6.62. The number of aliphatic hydroxyl groups is 1.